The molecule has 1 unspecified atom stereocenters. The summed E-state index contributed by atoms with van der Waals surface area (Å²) in [6.45, 7) is 3.43. The van der Waals surface area contributed by atoms with E-state index in [0.29, 0.717) is 6.61 Å². The van der Waals surface area contributed by atoms with Gasteiger partial charge in [-0.15, -0.1) is 11.3 Å². The minimum absolute atomic E-state index is 0.182. The first-order valence-corrected chi connectivity index (χ1v) is 5.56. The maximum Gasteiger partial charge on any atom is 0.0617 e. The molecule has 1 atom stereocenters. The molecule has 1 heterocycles. The fourth-order valence-electron chi connectivity index (χ4n) is 1.14. The van der Waals surface area contributed by atoms with Crippen LogP contribution in [0.3, 0.4) is 0 Å². The van der Waals surface area contributed by atoms with Crippen LogP contribution in [-0.4, -0.2) is 19.3 Å². The van der Waals surface area contributed by atoms with Crippen molar-refractivity contribution in [1.82, 2.24) is 0 Å². The summed E-state index contributed by atoms with van der Waals surface area (Å²) in [4.78, 5) is 1.41. The molecule has 0 aliphatic carbocycles. The quantitative estimate of drug-likeness (QED) is 0.761. The molecular formula is C10H17NOS. The van der Waals surface area contributed by atoms with Gasteiger partial charge in [-0.1, -0.05) is 6.07 Å². The molecule has 74 valence electrons. The van der Waals surface area contributed by atoms with Crippen LogP contribution in [0.15, 0.2) is 17.5 Å². The highest BCUT2D eigenvalue weighted by molar-refractivity contribution is 7.09. The zero-order valence-corrected chi connectivity index (χ0v) is 8.85. The van der Waals surface area contributed by atoms with Gasteiger partial charge in [-0.25, -0.2) is 0 Å². The van der Waals surface area contributed by atoms with Crippen molar-refractivity contribution in [3.63, 3.8) is 0 Å². The molecular weight excluding hydrogens is 182 g/mol. The third kappa shape index (κ3) is 4.41. The lowest BCUT2D eigenvalue weighted by molar-refractivity contribution is 0.131. The number of rotatable bonds is 6. The third-order valence-electron chi connectivity index (χ3n) is 1.88. The largest absolute Gasteiger partial charge is 0.380 e. The SMILES string of the molecule is CCOCC(N)CCc1cccs1. The molecule has 2 nitrogen and oxygen atoms in total. The standard InChI is InChI=1S/C10H17NOS/c1-2-12-8-9(11)5-6-10-4-3-7-13-10/h3-4,7,9H,2,5-6,8,11H2,1H3. The van der Waals surface area contributed by atoms with Gasteiger partial charge in [0.2, 0.25) is 0 Å². The van der Waals surface area contributed by atoms with E-state index in [4.69, 9.17) is 10.5 Å². The second-order valence-corrected chi connectivity index (χ2v) is 4.07. The molecule has 0 aromatic carbocycles. The lowest BCUT2D eigenvalue weighted by Crippen LogP contribution is -2.26. The second-order valence-electron chi connectivity index (χ2n) is 3.04. The van der Waals surface area contributed by atoms with E-state index in [1.54, 1.807) is 11.3 Å². The van der Waals surface area contributed by atoms with Crippen LogP contribution < -0.4 is 5.73 Å². The number of ether oxygens (including phenoxy) is 1. The van der Waals surface area contributed by atoms with Crippen molar-refractivity contribution in [1.29, 1.82) is 0 Å². The summed E-state index contributed by atoms with van der Waals surface area (Å²) in [6.07, 6.45) is 2.09. The van der Waals surface area contributed by atoms with E-state index in [0.717, 1.165) is 19.4 Å². The Hall–Kier alpha value is -0.380. The summed E-state index contributed by atoms with van der Waals surface area (Å²) in [6, 6.07) is 4.41. The number of nitrogens with two attached hydrogens (primary N) is 1. The van der Waals surface area contributed by atoms with Crippen LogP contribution in [0.2, 0.25) is 0 Å². The van der Waals surface area contributed by atoms with Crippen molar-refractivity contribution in [3.8, 4) is 0 Å². The van der Waals surface area contributed by atoms with Crippen LogP contribution >= 0.6 is 11.3 Å². The van der Waals surface area contributed by atoms with E-state index in [9.17, 15) is 0 Å². The van der Waals surface area contributed by atoms with E-state index < -0.39 is 0 Å². The maximum atomic E-state index is 5.86. The molecule has 0 aliphatic heterocycles. The highest BCUT2D eigenvalue weighted by Gasteiger charge is 2.02. The summed E-state index contributed by atoms with van der Waals surface area (Å²) >= 11 is 1.79. The molecule has 0 spiro atoms. The molecule has 3 heteroatoms. The van der Waals surface area contributed by atoms with Crippen LogP contribution in [0.1, 0.15) is 18.2 Å². The average Bonchev–Trinajstić information content (AvgIpc) is 2.64. The Balaban J connectivity index is 2.11. The maximum absolute atomic E-state index is 5.86. The first kappa shape index (κ1) is 10.7. The van der Waals surface area contributed by atoms with E-state index in [1.165, 1.54) is 4.88 Å². The third-order valence-corrected chi connectivity index (χ3v) is 2.81. The Labute approximate surface area is 83.7 Å². The molecule has 13 heavy (non-hydrogen) atoms. The van der Waals surface area contributed by atoms with Crippen molar-refractivity contribution >= 4 is 11.3 Å². The number of thiophene rings is 1. The predicted octanol–water partition coefficient (Wildman–Crippen LogP) is 2.04. The minimum atomic E-state index is 0.182. The van der Waals surface area contributed by atoms with Gasteiger partial charge in [0.05, 0.1) is 6.61 Å². The molecule has 2 N–H and O–H groups in total. The fourth-order valence-corrected chi connectivity index (χ4v) is 1.86. The lowest BCUT2D eigenvalue weighted by Gasteiger charge is -2.09. The van der Waals surface area contributed by atoms with Crippen molar-refractivity contribution < 1.29 is 4.74 Å². The molecule has 1 aromatic heterocycles. The highest BCUT2D eigenvalue weighted by atomic mass is 32.1. The molecule has 0 amide bonds. The lowest BCUT2D eigenvalue weighted by atomic mass is 10.1. The van der Waals surface area contributed by atoms with E-state index >= 15 is 0 Å². The summed E-state index contributed by atoms with van der Waals surface area (Å²) < 4.78 is 5.24. The normalized spacial score (nSPS) is 13.1. The first-order valence-electron chi connectivity index (χ1n) is 4.68. The Morgan fingerprint density at radius 3 is 3.08 bits per heavy atom. The Morgan fingerprint density at radius 1 is 1.62 bits per heavy atom. The van der Waals surface area contributed by atoms with Gasteiger partial charge < -0.3 is 10.5 Å². The van der Waals surface area contributed by atoms with Crippen LogP contribution in [0, 0.1) is 0 Å². The van der Waals surface area contributed by atoms with Crippen LogP contribution in [-0.2, 0) is 11.2 Å². The topological polar surface area (TPSA) is 35.2 Å². The Bertz CT molecular complexity index is 211. The highest BCUT2D eigenvalue weighted by Crippen LogP contribution is 2.11. The molecule has 0 saturated carbocycles. The van der Waals surface area contributed by atoms with Crippen molar-refractivity contribution in [2.75, 3.05) is 13.2 Å². The monoisotopic (exact) mass is 199 g/mol. The van der Waals surface area contributed by atoms with Crippen molar-refractivity contribution in [2.45, 2.75) is 25.8 Å². The van der Waals surface area contributed by atoms with E-state index in [2.05, 4.69) is 17.5 Å². The molecule has 1 aromatic rings. The van der Waals surface area contributed by atoms with Gasteiger partial charge in [-0.3, -0.25) is 0 Å². The van der Waals surface area contributed by atoms with Gasteiger partial charge >= 0.3 is 0 Å². The number of aryl methyl sites for hydroxylation is 1. The van der Waals surface area contributed by atoms with Gasteiger partial charge in [0, 0.05) is 17.5 Å². The van der Waals surface area contributed by atoms with Crippen LogP contribution in [0.4, 0.5) is 0 Å². The molecule has 0 saturated heterocycles. The van der Waals surface area contributed by atoms with Gasteiger partial charge in [0.15, 0.2) is 0 Å². The van der Waals surface area contributed by atoms with Crippen molar-refractivity contribution in [2.24, 2.45) is 5.73 Å². The first-order chi connectivity index (χ1) is 6.33. The average molecular weight is 199 g/mol. The molecule has 1 rings (SSSR count). The molecule has 0 fully saturated rings. The Kier molecular flexibility index (Phi) is 5.05. The fraction of sp³-hybridized carbons (Fsp3) is 0.600. The minimum Gasteiger partial charge on any atom is -0.380 e. The van der Waals surface area contributed by atoms with Gasteiger partial charge in [-0.05, 0) is 31.2 Å². The summed E-state index contributed by atoms with van der Waals surface area (Å²) in [5.41, 5.74) is 5.86. The zero-order chi connectivity index (χ0) is 9.52. The Morgan fingerprint density at radius 2 is 2.46 bits per heavy atom. The second kappa shape index (κ2) is 6.13. The van der Waals surface area contributed by atoms with Gasteiger partial charge in [0.1, 0.15) is 0 Å². The van der Waals surface area contributed by atoms with Crippen LogP contribution in [0.5, 0.6) is 0 Å². The number of hydrogen-bond donors (Lipinski definition) is 1. The zero-order valence-electron chi connectivity index (χ0n) is 8.03. The smallest absolute Gasteiger partial charge is 0.0617 e. The van der Waals surface area contributed by atoms with E-state index in [-0.39, 0.29) is 6.04 Å². The molecule has 0 radical (unpaired) electrons. The summed E-state index contributed by atoms with van der Waals surface area (Å²) in [5.74, 6) is 0. The van der Waals surface area contributed by atoms with Crippen molar-refractivity contribution in [3.05, 3.63) is 22.4 Å². The van der Waals surface area contributed by atoms with Gasteiger partial charge in [-0.2, -0.15) is 0 Å². The predicted molar refractivity (Wildman–Crippen MR) is 57.1 cm³/mol. The summed E-state index contributed by atoms with van der Waals surface area (Å²) in [7, 11) is 0. The molecule has 0 aliphatic rings. The number of hydrogen-bond acceptors (Lipinski definition) is 3. The van der Waals surface area contributed by atoms with Crippen LogP contribution in [0.25, 0.3) is 0 Å². The molecule has 0 bridgehead atoms. The summed E-state index contributed by atoms with van der Waals surface area (Å²) in [5, 5.41) is 2.10. The van der Waals surface area contributed by atoms with E-state index in [1.807, 2.05) is 6.92 Å². The van der Waals surface area contributed by atoms with Gasteiger partial charge in [0.25, 0.3) is 0 Å².